The molecule has 0 aromatic carbocycles. The van der Waals surface area contributed by atoms with E-state index in [1.165, 1.54) is 11.8 Å². The second-order valence-electron chi connectivity index (χ2n) is 1.59. The largest absolute Gasteiger partial charge is 0.251 e. The van der Waals surface area contributed by atoms with E-state index in [2.05, 4.69) is 4.99 Å². The van der Waals surface area contributed by atoms with Crippen LogP contribution in [0.2, 0.25) is 0 Å². The lowest BCUT2D eigenvalue weighted by Crippen LogP contribution is -1.82. The molecule has 0 aromatic heterocycles. The number of rotatable bonds is 0. The summed E-state index contributed by atoms with van der Waals surface area (Å²) >= 11 is 1.49. The van der Waals surface area contributed by atoms with Gasteiger partial charge in [0.25, 0.3) is 0 Å². The Balaban J connectivity index is 2.97. The van der Waals surface area contributed by atoms with Crippen molar-refractivity contribution in [1.82, 2.24) is 0 Å². The van der Waals surface area contributed by atoms with Gasteiger partial charge in [-0.05, 0) is 0 Å². The van der Waals surface area contributed by atoms with Crippen molar-refractivity contribution < 1.29 is 0 Å². The molecule has 1 aliphatic heterocycles. The van der Waals surface area contributed by atoms with Crippen LogP contribution >= 0.6 is 11.8 Å². The topological polar surface area (TPSA) is 59.9 Å². The van der Waals surface area contributed by atoms with Crippen LogP contribution in [0.15, 0.2) is 16.3 Å². The van der Waals surface area contributed by atoms with Gasteiger partial charge in [-0.2, -0.15) is 10.5 Å². The molecule has 48 valence electrons. The van der Waals surface area contributed by atoms with Crippen LogP contribution in [-0.2, 0) is 0 Å². The van der Waals surface area contributed by atoms with Crippen LogP contribution in [0.25, 0.3) is 0 Å². The van der Waals surface area contributed by atoms with Gasteiger partial charge >= 0.3 is 0 Å². The average Bonchev–Trinajstić information content (AvgIpc) is 2.43. The van der Waals surface area contributed by atoms with Crippen LogP contribution in [0, 0.1) is 22.7 Å². The van der Waals surface area contributed by atoms with E-state index in [1.54, 1.807) is 17.7 Å². The number of hydrogen-bond acceptors (Lipinski definition) is 4. The van der Waals surface area contributed by atoms with Crippen molar-refractivity contribution in [3.05, 3.63) is 11.3 Å². The molecule has 3 nitrogen and oxygen atoms in total. The normalized spacial score (nSPS) is 14.4. The highest BCUT2D eigenvalue weighted by atomic mass is 32.2. The van der Waals surface area contributed by atoms with E-state index in [0.29, 0.717) is 11.4 Å². The van der Waals surface area contributed by atoms with Gasteiger partial charge in [-0.1, -0.05) is 0 Å². The summed E-state index contributed by atoms with van der Waals surface area (Å²) in [4.78, 5) is 3.85. The first-order chi connectivity index (χ1) is 4.88. The Bertz CT molecular complexity index is 260. The van der Waals surface area contributed by atoms with Crippen molar-refractivity contribution in [3.8, 4) is 12.1 Å². The van der Waals surface area contributed by atoms with Gasteiger partial charge in [0.2, 0.25) is 0 Å². The molecular formula is C6H3N3S. The lowest BCUT2D eigenvalue weighted by molar-refractivity contribution is 1.31. The van der Waals surface area contributed by atoms with E-state index in [0.717, 1.165) is 0 Å². The van der Waals surface area contributed by atoms with Crippen molar-refractivity contribution in [2.45, 2.75) is 0 Å². The van der Waals surface area contributed by atoms with E-state index in [-0.39, 0.29) is 5.57 Å². The van der Waals surface area contributed by atoms with Gasteiger partial charge in [-0.25, -0.2) is 0 Å². The second kappa shape index (κ2) is 3.05. The van der Waals surface area contributed by atoms with Crippen molar-refractivity contribution in [1.29, 1.82) is 10.5 Å². The Hall–Kier alpha value is -1.26. The molecule has 0 aromatic rings. The first kappa shape index (κ1) is 6.85. The molecule has 0 radical (unpaired) electrons. The van der Waals surface area contributed by atoms with Gasteiger partial charge < -0.3 is 0 Å². The zero-order valence-corrected chi connectivity index (χ0v) is 5.85. The molecule has 0 atom stereocenters. The molecule has 1 heterocycles. The van der Waals surface area contributed by atoms with Crippen molar-refractivity contribution >= 4 is 17.3 Å². The van der Waals surface area contributed by atoms with E-state index in [1.807, 2.05) is 0 Å². The molecule has 1 rings (SSSR count). The fraction of sp³-hybridized carbons (Fsp3) is 0.167. The molecule has 0 bridgehead atoms. The van der Waals surface area contributed by atoms with Gasteiger partial charge in [0.05, 0.1) is 11.2 Å². The summed E-state index contributed by atoms with van der Waals surface area (Å²) in [6.45, 7) is 0. The predicted molar refractivity (Wildman–Crippen MR) is 39.2 cm³/mol. The Morgan fingerprint density at radius 2 is 2.30 bits per heavy atom. The minimum Gasteiger partial charge on any atom is -0.251 e. The summed E-state index contributed by atoms with van der Waals surface area (Å²) in [5.41, 5.74) is 2.36. The summed E-state index contributed by atoms with van der Waals surface area (Å²) in [6, 6.07) is 3.57. The van der Waals surface area contributed by atoms with Crippen LogP contribution in [0.1, 0.15) is 0 Å². The molecule has 4 heteroatoms. The molecule has 0 N–H and O–H groups in total. The van der Waals surface area contributed by atoms with E-state index < -0.39 is 0 Å². The Morgan fingerprint density at radius 3 is 2.70 bits per heavy atom. The lowest BCUT2D eigenvalue weighted by Gasteiger charge is -1.86. The fourth-order valence-corrected chi connectivity index (χ4v) is 1.20. The maximum absolute atomic E-state index is 8.37. The summed E-state index contributed by atoms with van der Waals surface area (Å²) in [5.74, 6) is 0.649. The van der Waals surface area contributed by atoms with E-state index >= 15 is 0 Å². The van der Waals surface area contributed by atoms with Crippen molar-refractivity contribution in [2.75, 3.05) is 5.75 Å². The van der Waals surface area contributed by atoms with Gasteiger partial charge in [0.15, 0.2) is 5.57 Å². The molecule has 0 fully saturated rings. The Kier molecular flexibility index (Phi) is 2.09. The number of allylic oxidation sites excluding steroid dienone is 1. The number of aliphatic imine (C=N–C) groups is 1. The Labute approximate surface area is 62.7 Å². The van der Waals surface area contributed by atoms with Crippen LogP contribution in [0.4, 0.5) is 0 Å². The molecule has 0 amide bonds. The molecule has 10 heavy (non-hydrogen) atoms. The van der Waals surface area contributed by atoms with Gasteiger partial charge in [-0.3, -0.25) is 4.99 Å². The lowest BCUT2D eigenvalue weighted by atomic mass is 10.3. The van der Waals surface area contributed by atoms with Crippen molar-refractivity contribution in [3.63, 3.8) is 0 Å². The minimum absolute atomic E-state index is 0.126. The summed E-state index contributed by atoms with van der Waals surface area (Å²) in [5, 5.41) is 16.7. The highest BCUT2D eigenvalue weighted by molar-refractivity contribution is 8.12. The molecule has 0 saturated heterocycles. The first-order valence-corrected chi connectivity index (χ1v) is 3.61. The third-order valence-corrected chi connectivity index (χ3v) is 1.71. The summed E-state index contributed by atoms with van der Waals surface area (Å²) < 4.78 is 0. The number of thioether (sulfide) groups is 1. The second-order valence-corrected chi connectivity index (χ2v) is 2.42. The molecular weight excluding hydrogens is 146 g/mol. The average molecular weight is 149 g/mol. The fourth-order valence-electron chi connectivity index (χ4n) is 0.545. The van der Waals surface area contributed by atoms with Gasteiger partial charge in [0.1, 0.15) is 12.1 Å². The number of nitriles is 2. The molecule has 1 aliphatic rings. The Morgan fingerprint density at radius 1 is 1.60 bits per heavy atom. The maximum Gasteiger partial charge on any atom is 0.151 e. The van der Waals surface area contributed by atoms with Crippen LogP contribution < -0.4 is 0 Å². The molecule has 0 spiro atoms. The van der Waals surface area contributed by atoms with Gasteiger partial charge in [-0.15, -0.1) is 11.8 Å². The third kappa shape index (κ3) is 1.18. The van der Waals surface area contributed by atoms with Gasteiger partial charge in [0, 0.05) is 5.75 Å². The predicted octanol–water partition coefficient (Wildman–Crippen LogP) is 1.06. The minimum atomic E-state index is 0.126. The van der Waals surface area contributed by atoms with Crippen molar-refractivity contribution in [2.24, 2.45) is 4.99 Å². The molecule has 0 saturated carbocycles. The van der Waals surface area contributed by atoms with Crippen LogP contribution in [0.3, 0.4) is 0 Å². The summed E-state index contributed by atoms with van der Waals surface area (Å²) in [7, 11) is 0. The number of nitrogens with zero attached hydrogens (tertiary/aromatic N) is 3. The monoisotopic (exact) mass is 149 g/mol. The maximum atomic E-state index is 8.37. The molecule has 0 aliphatic carbocycles. The summed E-state index contributed by atoms with van der Waals surface area (Å²) in [6.07, 6.45) is 0. The highest BCUT2D eigenvalue weighted by Gasteiger charge is 2.07. The zero-order valence-electron chi connectivity index (χ0n) is 5.03. The third-order valence-electron chi connectivity index (χ3n) is 1.02. The van der Waals surface area contributed by atoms with E-state index in [4.69, 9.17) is 10.5 Å². The highest BCUT2D eigenvalue weighted by Crippen LogP contribution is 2.17. The number of hydrogen-bond donors (Lipinski definition) is 0. The standard InChI is InChI=1S/C6H3N3S/c7-1-5(2-8)6-3-10-4-9-6/h4H,3H2. The smallest absolute Gasteiger partial charge is 0.151 e. The SMILES string of the molecule is N#CC(C#N)=C1CSC=N1. The zero-order chi connectivity index (χ0) is 7.40. The quantitative estimate of drug-likeness (QED) is 0.484. The van der Waals surface area contributed by atoms with Crippen LogP contribution in [-0.4, -0.2) is 11.3 Å². The van der Waals surface area contributed by atoms with Crippen LogP contribution in [0.5, 0.6) is 0 Å². The first-order valence-electron chi connectivity index (χ1n) is 2.56. The van der Waals surface area contributed by atoms with E-state index in [9.17, 15) is 0 Å². The molecule has 0 unspecified atom stereocenters.